The Morgan fingerprint density at radius 3 is 2.93 bits per heavy atom. The molecule has 2 N–H and O–H groups in total. The van der Waals surface area contributed by atoms with Gasteiger partial charge in [-0.25, -0.2) is 0 Å². The predicted molar refractivity (Wildman–Crippen MR) is 116 cm³/mol. The van der Waals surface area contributed by atoms with Gasteiger partial charge in [0, 0.05) is 47.3 Å². The number of aromatic nitrogens is 1. The van der Waals surface area contributed by atoms with Crippen LogP contribution in [0.25, 0.3) is 10.9 Å². The summed E-state index contributed by atoms with van der Waals surface area (Å²) in [4.78, 5) is 30.2. The highest BCUT2D eigenvalue weighted by Crippen LogP contribution is 2.26. The van der Waals surface area contributed by atoms with Crippen molar-refractivity contribution in [1.29, 1.82) is 0 Å². The van der Waals surface area contributed by atoms with Crippen LogP contribution in [-0.4, -0.2) is 34.8 Å². The summed E-state index contributed by atoms with van der Waals surface area (Å²) >= 11 is 6.13. The molecule has 2 heterocycles. The van der Waals surface area contributed by atoms with Crippen LogP contribution < -0.4 is 5.32 Å². The van der Waals surface area contributed by atoms with Crippen LogP contribution in [0.4, 0.5) is 5.69 Å². The fraction of sp³-hybridized carbons (Fsp3) is 0.304. The monoisotopic (exact) mass is 409 g/mol. The zero-order chi connectivity index (χ0) is 20.5. The Morgan fingerprint density at radius 1 is 1.28 bits per heavy atom. The number of nitrogens with zero attached hydrogens (tertiary/aromatic N) is 1. The van der Waals surface area contributed by atoms with Crippen molar-refractivity contribution in [3.05, 3.63) is 64.3 Å². The van der Waals surface area contributed by atoms with E-state index >= 15 is 0 Å². The maximum absolute atomic E-state index is 12.7. The van der Waals surface area contributed by atoms with Gasteiger partial charge >= 0.3 is 0 Å². The van der Waals surface area contributed by atoms with Crippen molar-refractivity contribution in [2.75, 3.05) is 18.4 Å². The molecule has 3 aromatic rings. The molecule has 0 radical (unpaired) electrons. The number of carbonyl (C=O) groups is 2. The molecule has 0 bridgehead atoms. The number of nitrogens with one attached hydrogen (secondary N) is 2. The summed E-state index contributed by atoms with van der Waals surface area (Å²) in [5.74, 6) is -0.441. The van der Waals surface area contributed by atoms with E-state index in [1.807, 2.05) is 19.2 Å². The molecule has 150 valence electrons. The van der Waals surface area contributed by atoms with Gasteiger partial charge in [-0.3, -0.25) is 9.59 Å². The van der Waals surface area contributed by atoms with Crippen molar-refractivity contribution in [2.45, 2.75) is 26.7 Å². The van der Waals surface area contributed by atoms with Crippen LogP contribution in [0.1, 0.15) is 23.1 Å². The zero-order valence-corrected chi connectivity index (χ0v) is 17.3. The number of benzene rings is 2. The molecule has 2 amide bonds. The standard InChI is InChI=1S/C23H24ClN3O2/c1-14-6-7-21-18(10-14)16(12-25-21)8-9-27-13-17(11-22(27)28)23(29)26-20-5-3-4-19(24)15(20)2/h3-7,10,12,17,25H,8-9,11,13H2,1-2H3,(H,26,29). The Kier molecular flexibility index (Phi) is 5.33. The van der Waals surface area contributed by atoms with Crippen LogP contribution >= 0.6 is 11.6 Å². The first-order chi connectivity index (χ1) is 13.9. The predicted octanol–water partition coefficient (Wildman–Crippen LogP) is 4.47. The number of anilines is 1. The van der Waals surface area contributed by atoms with Gasteiger partial charge in [0.2, 0.25) is 11.8 Å². The van der Waals surface area contributed by atoms with Crippen LogP contribution in [0.2, 0.25) is 5.02 Å². The van der Waals surface area contributed by atoms with Crippen molar-refractivity contribution in [3.63, 3.8) is 0 Å². The van der Waals surface area contributed by atoms with Crippen molar-refractivity contribution in [2.24, 2.45) is 5.92 Å². The van der Waals surface area contributed by atoms with Crippen molar-refractivity contribution in [3.8, 4) is 0 Å². The largest absolute Gasteiger partial charge is 0.361 e. The molecular weight excluding hydrogens is 386 g/mol. The Labute approximate surface area is 175 Å². The van der Waals surface area contributed by atoms with Gasteiger partial charge in [-0.2, -0.15) is 0 Å². The van der Waals surface area contributed by atoms with Crippen LogP contribution in [0.15, 0.2) is 42.6 Å². The number of hydrogen-bond donors (Lipinski definition) is 2. The summed E-state index contributed by atoms with van der Waals surface area (Å²) in [7, 11) is 0. The molecule has 5 nitrogen and oxygen atoms in total. The maximum Gasteiger partial charge on any atom is 0.229 e. The van der Waals surface area contributed by atoms with Crippen LogP contribution in [-0.2, 0) is 16.0 Å². The maximum atomic E-state index is 12.7. The second kappa shape index (κ2) is 7.91. The first kappa shape index (κ1) is 19.5. The number of hydrogen-bond acceptors (Lipinski definition) is 2. The molecule has 29 heavy (non-hydrogen) atoms. The van der Waals surface area contributed by atoms with Crippen molar-refractivity contribution in [1.82, 2.24) is 9.88 Å². The summed E-state index contributed by atoms with van der Waals surface area (Å²) in [6.07, 6.45) is 3.02. The highest BCUT2D eigenvalue weighted by Gasteiger charge is 2.34. The molecule has 1 aliphatic heterocycles. The summed E-state index contributed by atoms with van der Waals surface area (Å²) in [6, 6.07) is 11.7. The smallest absolute Gasteiger partial charge is 0.229 e. The molecule has 2 aromatic carbocycles. The number of likely N-dealkylation sites (tertiary alicyclic amines) is 1. The minimum Gasteiger partial charge on any atom is -0.361 e. The van der Waals surface area contributed by atoms with Crippen molar-refractivity contribution >= 4 is 40.0 Å². The SMILES string of the molecule is Cc1ccc2[nH]cc(CCN3CC(C(=O)Nc4cccc(Cl)c4C)CC3=O)c2c1. The molecule has 1 aliphatic rings. The van der Waals surface area contributed by atoms with E-state index in [2.05, 4.69) is 35.4 Å². The number of aryl methyl sites for hydroxylation is 1. The topological polar surface area (TPSA) is 65.2 Å². The first-order valence-corrected chi connectivity index (χ1v) is 10.2. The van der Waals surface area contributed by atoms with Gasteiger partial charge in [-0.15, -0.1) is 0 Å². The highest BCUT2D eigenvalue weighted by molar-refractivity contribution is 6.31. The summed E-state index contributed by atoms with van der Waals surface area (Å²) in [6.45, 7) is 5.00. The van der Waals surface area contributed by atoms with Crippen LogP contribution in [0, 0.1) is 19.8 Å². The van der Waals surface area contributed by atoms with Crippen LogP contribution in [0.5, 0.6) is 0 Å². The third-order valence-electron chi connectivity index (χ3n) is 5.68. The second-order valence-electron chi connectivity index (χ2n) is 7.76. The van der Waals surface area contributed by atoms with Gasteiger partial charge in [0.05, 0.1) is 5.92 Å². The third-order valence-corrected chi connectivity index (χ3v) is 6.09. The average molecular weight is 410 g/mol. The molecule has 1 atom stereocenters. The Morgan fingerprint density at radius 2 is 2.10 bits per heavy atom. The number of carbonyl (C=O) groups excluding carboxylic acids is 2. The highest BCUT2D eigenvalue weighted by atomic mass is 35.5. The third kappa shape index (κ3) is 4.01. The number of rotatable bonds is 5. The van der Waals surface area contributed by atoms with Gasteiger partial charge < -0.3 is 15.2 Å². The van der Waals surface area contributed by atoms with E-state index in [1.54, 1.807) is 17.0 Å². The molecule has 6 heteroatoms. The lowest BCUT2D eigenvalue weighted by atomic mass is 10.1. The lowest BCUT2D eigenvalue weighted by molar-refractivity contribution is -0.128. The molecule has 0 saturated carbocycles. The molecule has 0 aliphatic carbocycles. The number of amides is 2. The van der Waals surface area contributed by atoms with E-state index in [0.717, 1.165) is 17.5 Å². The fourth-order valence-corrected chi connectivity index (χ4v) is 4.07. The molecule has 1 unspecified atom stereocenters. The second-order valence-corrected chi connectivity index (χ2v) is 8.16. The first-order valence-electron chi connectivity index (χ1n) is 9.82. The van der Waals surface area contributed by atoms with E-state index < -0.39 is 0 Å². The fourth-order valence-electron chi connectivity index (χ4n) is 3.90. The van der Waals surface area contributed by atoms with E-state index in [4.69, 9.17) is 11.6 Å². The lowest BCUT2D eigenvalue weighted by Gasteiger charge is -2.17. The molecule has 1 saturated heterocycles. The van der Waals surface area contributed by atoms with Crippen LogP contribution in [0.3, 0.4) is 0 Å². The molecular formula is C23H24ClN3O2. The summed E-state index contributed by atoms with van der Waals surface area (Å²) < 4.78 is 0. The number of halogens is 1. The lowest BCUT2D eigenvalue weighted by Crippen LogP contribution is -2.30. The summed E-state index contributed by atoms with van der Waals surface area (Å²) in [5.41, 5.74) is 5.04. The van der Waals surface area contributed by atoms with E-state index in [1.165, 1.54) is 16.5 Å². The van der Waals surface area contributed by atoms with Gasteiger partial charge in [0.25, 0.3) is 0 Å². The van der Waals surface area contributed by atoms with Gasteiger partial charge in [-0.05, 0) is 55.7 Å². The summed E-state index contributed by atoms with van der Waals surface area (Å²) in [5, 5.41) is 4.74. The minimum absolute atomic E-state index is 0.0315. The Balaban J connectivity index is 1.39. The Hall–Kier alpha value is -2.79. The normalized spacial score (nSPS) is 16.6. The van der Waals surface area contributed by atoms with Gasteiger partial charge in [0.15, 0.2) is 0 Å². The zero-order valence-electron chi connectivity index (χ0n) is 16.6. The average Bonchev–Trinajstić information content (AvgIpc) is 3.26. The molecule has 1 aromatic heterocycles. The molecule has 4 rings (SSSR count). The number of fused-ring (bicyclic) bond motifs is 1. The minimum atomic E-state index is -0.342. The Bertz CT molecular complexity index is 1090. The van der Waals surface area contributed by atoms with Gasteiger partial charge in [0.1, 0.15) is 0 Å². The van der Waals surface area contributed by atoms with E-state index in [-0.39, 0.29) is 24.2 Å². The number of aromatic amines is 1. The molecule has 0 spiro atoms. The van der Waals surface area contributed by atoms with E-state index in [0.29, 0.717) is 23.8 Å². The van der Waals surface area contributed by atoms with E-state index in [9.17, 15) is 9.59 Å². The van der Waals surface area contributed by atoms with Crippen molar-refractivity contribution < 1.29 is 9.59 Å². The quantitative estimate of drug-likeness (QED) is 0.653. The number of H-pyrrole nitrogens is 1. The van der Waals surface area contributed by atoms with Gasteiger partial charge in [-0.1, -0.05) is 29.3 Å². The molecule has 1 fully saturated rings.